The van der Waals surface area contributed by atoms with Gasteiger partial charge in [-0.25, -0.2) is 0 Å². The summed E-state index contributed by atoms with van der Waals surface area (Å²) in [4.78, 5) is 8.84. The molecule has 2 aromatic rings. The van der Waals surface area contributed by atoms with Crippen LogP contribution in [0, 0.1) is 6.92 Å². The van der Waals surface area contributed by atoms with E-state index >= 15 is 0 Å². The fraction of sp³-hybridized carbons (Fsp3) is 0.478. The maximum Gasteiger partial charge on any atom is 0.191 e. The van der Waals surface area contributed by atoms with Crippen LogP contribution < -0.4 is 20.1 Å². The largest absolute Gasteiger partial charge is 0.490 e. The highest BCUT2D eigenvalue weighted by Crippen LogP contribution is 2.28. The van der Waals surface area contributed by atoms with Crippen molar-refractivity contribution in [2.24, 2.45) is 4.99 Å². The van der Waals surface area contributed by atoms with Crippen LogP contribution in [-0.4, -0.2) is 43.8 Å². The number of halogens is 1. The van der Waals surface area contributed by atoms with Crippen molar-refractivity contribution in [1.82, 2.24) is 15.6 Å². The lowest BCUT2D eigenvalue weighted by Crippen LogP contribution is -2.38. The number of ether oxygens (including phenoxy) is 2. The number of benzene rings is 1. The Morgan fingerprint density at radius 2 is 1.77 bits per heavy atom. The number of aromatic nitrogens is 1. The van der Waals surface area contributed by atoms with Gasteiger partial charge in [0.15, 0.2) is 17.5 Å². The van der Waals surface area contributed by atoms with Gasteiger partial charge in [0, 0.05) is 32.0 Å². The molecule has 2 N–H and O–H groups in total. The van der Waals surface area contributed by atoms with Crippen molar-refractivity contribution in [1.29, 1.82) is 0 Å². The first kappa shape index (κ1) is 26.0. The Bertz CT molecular complexity index is 784. The summed E-state index contributed by atoms with van der Waals surface area (Å²) in [5, 5.41) is 6.72. The molecule has 30 heavy (non-hydrogen) atoms. The van der Waals surface area contributed by atoms with Gasteiger partial charge in [0.2, 0.25) is 0 Å². The second kappa shape index (κ2) is 14.9. The summed E-state index contributed by atoms with van der Waals surface area (Å²) in [6.45, 7) is 11.7. The zero-order chi connectivity index (χ0) is 20.9. The van der Waals surface area contributed by atoms with Crippen molar-refractivity contribution >= 4 is 29.9 Å². The number of rotatable bonds is 11. The maximum atomic E-state index is 5.72. The number of hydrogen-bond acceptors (Lipinski definition) is 4. The van der Waals surface area contributed by atoms with Gasteiger partial charge >= 0.3 is 0 Å². The number of aryl methyl sites for hydroxylation is 1. The van der Waals surface area contributed by atoms with Crippen molar-refractivity contribution < 1.29 is 9.47 Å². The lowest BCUT2D eigenvalue weighted by atomic mass is 10.1. The molecule has 166 valence electrons. The Morgan fingerprint density at radius 1 is 1.00 bits per heavy atom. The molecule has 0 unspecified atom stereocenters. The number of nitrogens with one attached hydrogen (secondary N) is 2. The van der Waals surface area contributed by atoms with Crippen molar-refractivity contribution in [3.8, 4) is 11.5 Å². The lowest BCUT2D eigenvalue weighted by Gasteiger charge is -2.14. The van der Waals surface area contributed by atoms with Crippen LogP contribution in [0.1, 0.15) is 37.5 Å². The van der Waals surface area contributed by atoms with E-state index in [2.05, 4.69) is 47.7 Å². The molecule has 0 aliphatic carbocycles. The van der Waals surface area contributed by atoms with Gasteiger partial charge in [-0.1, -0.05) is 6.07 Å². The molecule has 0 aliphatic heterocycles. The number of aliphatic imine (C=N–C) groups is 1. The smallest absolute Gasteiger partial charge is 0.191 e. The molecule has 2 rings (SSSR count). The minimum absolute atomic E-state index is 0. The number of nitrogens with zero attached hydrogens (tertiary/aromatic N) is 2. The van der Waals surface area contributed by atoms with Crippen molar-refractivity contribution in [2.75, 3.05) is 32.8 Å². The van der Waals surface area contributed by atoms with E-state index in [1.807, 2.05) is 32.3 Å². The molecule has 0 atom stereocenters. The molecule has 0 aliphatic rings. The van der Waals surface area contributed by atoms with E-state index in [1.54, 1.807) is 0 Å². The van der Waals surface area contributed by atoms with E-state index in [0.29, 0.717) is 13.2 Å². The molecule has 1 aromatic heterocycles. The lowest BCUT2D eigenvalue weighted by molar-refractivity contribution is 0.287. The van der Waals surface area contributed by atoms with E-state index in [0.717, 1.165) is 49.9 Å². The maximum absolute atomic E-state index is 5.72. The minimum atomic E-state index is 0. The Morgan fingerprint density at radius 3 is 2.47 bits per heavy atom. The summed E-state index contributed by atoms with van der Waals surface area (Å²) >= 11 is 0. The normalized spacial score (nSPS) is 10.9. The molecule has 0 spiro atoms. The van der Waals surface area contributed by atoms with Gasteiger partial charge in [-0.2, -0.15) is 0 Å². The summed E-state index contributed by atoms with van der Waals surface area (Å²) in [5.74, 6) is 2.45. The van der Waals surface area contributed by atoms with Crippen LogP contribution in [0.15, 0.2) is 41.7 Å². The van der Waals surface area contributed by atoms with Crippen LogP contribution in [0.3, 0.4) is 0 Å². The second-order valence-electron chi connectivity index (χ2n) is 6.64. The van der Waals surface area contributed by atoms with E-state index < -0.39 is 0 Å². The topological polar surface area (TPSA) is 67.8 Å². The Labute approximate surface area is 197 Å². The third-order valence-corrected chi connectivity index (χ3v) is 4.45. The van der Waals surface area contributed by atoms with Gasteiger partial charge in [-0.05, 0) is 75.4 Å². The highest BCUT2D eigenvalue weighted by Gasteiger charge is 2.06. The molecule has 0 radical (unpaired) electrons. The molecule has 0 bridgehead atoms. The van der Waals surface area contributed by atoms with Crippen LogP contribution in [0.25, 0.3) is 0 Å². The monoisotopic (exact) mass is 526 g/mol. The highest BCUT2D eigenvalue weighted by molar-refractivity contribution is 14.0. The number of pyridine rings is 1. The van der Waals surface area contributed by atoms with Gasteiger partial charge < -0.3 is 20.1 Å². The van der Waals surface area contributed by atoms with Crippen LogP contribution in [-0.2, 0) is 12.8 Å². The van der Waals surface area contributed by atoms with E-state index in [1.165, 1.54) is 16.7 Å². The van der Waals surface area contributed by atoms with E-state index in [9.17, 15) is 0 Å². The zero-order valence-electron chi connectivity index (χ0n) is 18.5. The predicted molar refractivity (Wildman–Crippen MR) is 135 cm³/mol. The Kier molecular flexibility index (Phi) is 12.9. The van der Waals surface area contributed by atoms with Crippen LogP contribution in [0.2, 0.25) is 0 Å². The fourth-order valence-corrected chi connectivity index (χ4v) is 2.99. The Hall–Kier alpha value is -2.03. The van der Waals surface area contributed by atoms with Gasteiger partial charge in [0.1, 0.15) is 0 Å². The summed E-state index contributed by atoms with van der Waals surface area (Å²) in [6.07, 6.45) is 5.51. The predicted octanol–water partition coefficient (Wildman–Crippen LogP) is 4.15. The van der Waals surface area contributed by atoms with E-state index in [4.69, 9.17) is 14.5 Å². The highest BCUT2D eigenvalue weighted by atomic mass is 127. The summed E-state index contributed by atoms with van der Waals surface area (Å²) in [7, 11) is 0. The van der Waals surface area contributed by atoms with Crippen molar-refractivity contribution in [3.05, 3.63) is 53.3 Å². The van der Waals surface area contributed by atoms with Gasteiger partial charge in [0.05, 0.1) is 13.2 Å². The van der Waals surface area contributed by atoms with Crippen LogP contribution >= 0.6 is 24.0 Å². The van der Waals surface area contributed by atoms with E-state index in [-0.39, 0.29) is 24.0 Å². The fourth-order valence-electron chi connectivity index (χ4n) is 2.99. The molecule has 0 fully saturated rings. The third-order valence-electron chi connectivity index (χ3n) is 4.45. The molecule has 7 heteroatoms. The average Bonchev–Trinajstić information content (AvgIpc) is 2.71. The number of hydrogen-bond donors (Lipinski definition) is 2. The second-order valence-corrected chi connectivity index (χ2v) is 6.64. The van der Waals surface area contributed by atoms with Crippen LogP contribution in [0.5, 0.6) is 11.5 Å². The van der Waals surface area contributed by atoms with Crippen molar-refractivity contribution in [2.45, 2.75) is 40.5 Å². The first-order chi connectivity index (χ1) is 14.2. The molecule has 0 saturated heterocycles. The molecule has 1 heterocycles. The molecule has 0 saturated carbocycles. The minimum Gasteiger partial charge on any atom is -0.490 e. The first-order valence-electron chi connectivity index (χ1n) is 10.5. The quantitative estimate of drug-likeness (QED) is 0.262. The standard InChI is InChI=1S/C23H34N4O2.HI/c1-5-25-23(27-15-12-20-11-13-24-17-18(20)4)26-14-10-19-8-9-21(28-6-2)22(16-19)29-7-3;/h8-9,11,13,16-17H,5-7,10,12,14-15H2,1-4H3,(H2,25,26,27);1H. The summed E-state index contributed by atoms with van der Waals surface area (Å²) in [5.41, 5.74) is 3.70. The van der Waals surface area contributed by atoms with Crippen molar-refractivity contribution in [3.63, 3.8) is 0 Å². The molecule has 0 amide bonds. The van der Waals surface area contributed by atoms with Gasteiger partial charge in [-0.3, -0.25) is 9.98 Å². The SMILES string of the molecule is CCNC(=NCCc1ccncc1C)NCCc1ccc(OCC)c(OCC)c1.I. The Balaban J connectivity index is 0.00000450. The third kappa shape index (κ3) is 8.77. The molecular formula is C23H35IN4O2. The van der Waals surface area contributed by atoms with Crippen LogP contribution in [0.4, 0.5) is 0 Å². The zero-order valence-corrected chi connectivity index (χ0v) is 20.9. The summed E-state index contributed by atoms with van der Waals surface area (Å²) < 4.78 is 11.3. The molecular weight excluding hydrogens is 491 g/mol. The summed E-state index contributed by atoms with van der Waals surface area (Å²) in [6, 6.07) is 8.20. The molecule has 1 aromatic carbocycles. The van der Waals surface area contributed by atoms with Gasteiger partial charge in [-0.15, -0.1) is 24.0 Å². The van der Waals surface area contributed by atoms with Gasteiger partial charge in [0.25, 0.3) is 0 Å². The molecule has 6 nitrogen and oxygen atoms in total. The number of guanidine groups is 1. The average molecular weight is 526 g/mol. The first-order valence-corrected chi connectivity index (χ1v) is 10.5.